The summed E-state index contributed by atoms with van der Waals surface area (Å²) >= 11 is 0. The Hall–Kier alpha value is -0.990. The van der Waals surface area contributed by atoms with Crippen molar-refractivity contribution in [2.45, 2.75) is 78.9 Å². The fourth-order valence-electron chi connectivity index (χ4n) is 2.37. The topological polar surface area (TPSA) is 38.3 Å². The molecule has 118 valence electrons. The van der Waals surface area contributed by atoms with Crippen LogP contribution in [0, 0.1) is 11.8 Å². The van der Waals surface area contributed by atoms with E-state index >= 15 is 0 Å². The molecule has 3 nitrogen and oxygen atoms in total. The third-order valence-corrected chi connectivity index (χ3v) is 3.54. The summed E-state index contributed by atoms with van der Waals surface area (Å²) < 4.78 is 5.31. The predicted octanol–water partition coefficient (Wildman–Crippen LogP) is 4.92. The Balaban J connectivity index is 4.29. The molecule has 3 atom stereocenters. The van der Waals surface area contributed by atoms with E-state index in [0.29, 0.717) is 11.8 Å². The highest BCUT2D eigenvalue weighted by Gasteiger charge is 2.22. The van der Waals surface area contributed by atoms with Crippen molar-refractivity contribution in [3.8, 4) is 0 Å². The summed E-state index contributed by atoms with van der Waals surface area (Å²) in [6.45, 7) is 15.9. The zero-order valence-corrected chi connectivity index (χ0v) is 14.2. The largest absolute Gasteiger partial charge is 0.444 e. The maximum Gasteiger partial charge on any atom is 0.407 e. The number of hydrogen-bond acceptors (Lipinski definition) is 2. The van der Waals surface area contributed by atoms with Crippen molar-refractivity contribution in [1.82, 2.24) is 5.32 Å². The lowest BCUT2D eigenvalue weighted by atomic mass is 9.86. The van der Waals surface area contributed by atoms with E-state index in [1.807, 2.05) is 26.8 Å². The van der Waals surface area contributed by atoms with E-state index in [1.165, 1.54) is 6.42 Å². The van der Waals surface area contributed by atoms with Gasteiger partial charge in [0.25, 0.3) is 0 Å². The number of carbonyl (C=O) groups is 1. The number of rotatable bonds is 8. The number of nitrogens with one attached hydrogen (secondary N) is 1. The van der Waals surface area contributed by atoms with Crippen LogP contribution in [0.4, 0.5) is 4.79 Å². The number of hydrogen-bond donors (Lipinski definition) is 1. The van der Waals surface area contributed by atoms with Crippen molar-refractivity contribution in [2.24, 2.45) is 11.8 Å². The second-order valence-electron chi connectivity index (χ2n) is 6.81. The Morgan fingerprint density at radius 3 is 2.40 bits per heavy atom. The van der Waals surface area contributed by atoms with Crippen molar-refractivity contribution < 1.29 is 9.53 Å². The summed E-state index contributed by atoms with van der Waals surface area (Å²) in [4.78, 5) is 11.8. The van der Waals surface area contributed by atoms with E-state index in [1.54, 1.807) is 0 Å². The molecule has 3 heteroatoms. The van der Waals surface area contributed by atoms with Crippen LogP contribution < -0.4 is 5.32 Å². The molecule has 1 unspecified atom stereocenters. The lowest BCUT2D eigenvalue weighted by Crippen LogP contribution is -2.41. The predicted molar refractivity (Wildman–Crippen MR) is 85.8 cm³/mol. The van der Waals surface area contributed by atoms with Gasteiger partial charge in [0, 0.05) is 6.04 Å². The molecule has 0 aliphatic rings. The fraction of sp³-hybridized carbons (Fsp3) is 0.824. The summed E-state index contributed by atoms with van der Waals surface area (Å²) in [5.74, 6) is 1.14. The Bertz CT molecular complexity index is 294. The van der Waals surface area contributed by atoms with Crippen molar-refractivity contribution in [1.29, 1.82) is 0 Å². The quantitative estimate of drug-likeness (QED) is 0.642. The summed E-state index contributed by atoms with van der Waals surface area (Å²) in [5.41, 5.74) is -0.442. The molecule has 0 saturated heterocycles. The average molecular weight is 283 g/mol. The van der Waals surface area contributed by atoms with Crippen LogP contribution >= 0.6 is 0 Å². The molecule has 0 radical (unpaired) electrons. The average Bonchev–Trinajstić information content (AvgIpc) is 2.30. The lowest BCUT2D eigenvalue weighted by molar-refractivity contribution is 0.0486. The molecule has 0 bridgehead atoms. The Morgan fingerprint density at radius 1 is 1.35 bits per heavy atom. The highest BCUT2D eigenvalue weighted by Crippen LogP contribution is 2.23. The molecule has 0 aromatic carbocycles. The molecule has 0 aromatic heterocycles. The van der Waals surface area contributed by atoms with Crippen LogP contribution in [0.5, 0.6) is 0 Å². The minimum absolute atomic E-state index is 0.140. The molecule has 1 N–H and O–H groups in total. The Morgan fingerprint density at radius 2 is 1.95 bits per heavy atom. The molecule has 20 heavy (non-hydrogen) atoms. The van der Waals surface area contributed by atoms with Crippen molar-refractivity contribution in [3.05, 3.63) is 12.7 Å². The lowest BCUT2D eigenvalue weighted by Gasteiger charge is -2.28. The van der Waals surface area contributed by atoms with Gasteiger partial charge in [0.15, 0.2) is 0 Å². The first-order chi connectivity index (χ1) is 9.19. The van der Waals surface area contributed by atoms with E-state index in [0.717, 1.165) is 19.3 Å². The normalized spacial score (nSPS) is 16.1. The maximum absolute atomic E-state index is 11.8. The molecule has 0 aliphatic heterocycles. The molecular formula is C17H33NO2. The summed E-state index contributed by atoms with van der Waals surface area (Å²) in [5, 5.41) is 2.97. The SMILES string of the molecule is C=CCCC(C)C[C@@H](CC)[C@H](C)NC(=O)OC(C)(C)C. The van der Waals surface area contributed by atoms with Crippen LogP contribution in [0.1, 0.15) is 67.2 Å². The van der Waals surface area contributed by atoms with Gasteiger partial charge in [-0.25, -0.2) is 4.79 Å². The van der Waals surface area contributed by atoms with Gasteiger partial charge in [-0.3, -0.25) is 0 Å². The van der Waals surface area contributed by atoms with Crippen LogP contribution in [-0.4, -0.2) is 17.7 Å². The molecule has 0 aliphatic carbocycles. The molecule has 0 rings (SSSR count). The van der Waals surface area contributed by atoms with Gasteiger partial charge in [-0.2, -0.15) is 0 Å². The minimum atomic E-state index is -0.442. The number of carbonyl (C=O) groups excluding carboxylic acids is 1. The zero-order chi connectivity index (χ0) is 15.8. The smallest absolute Gasteiger partial charge is 0.407 e. The van der Waals surface area contributed by atoms with Crippen LogP contribution in [0.15, 0.2) is 12.7 Å². The van der Waals surface area contributed by atoms with Crippen LogP contribution in [0.3, 0.4) is 0 Å². The van der Waals surface area contributed by atoms with E-state index < -0.39 is 5.60 Å². The van der Waals surface area contributed by atoms with E-state index in [4.69, 9.17) is 4.74 Å². The third kappa shape index (κ3) is 9.00. The van der Waals surface area contributed by atoms with Gasteiger partial charge >= 0.3 is 6.09 Å². The molecule has 0 fully saturated rings. The van der Waals surface area contributed by atoms with Crippen molar-refractivity contribution in [2.75, 3.05) is 0 Å². The minimum Gasteiger partial charge on any atom is -0.444 e. The highest BCUT2D eigenvalue weighted by atomic mass is 16.6. The summed E-state index contributed by atoms with van der Waals surface area (Å²) in [6.07, 6.45) is 6.07. The molecular weight excluding hydrogens is 250 g/mol. The van der Waals surface area contributed by atoms with Gasteiger partial charge in [0.1, 0.15) is 5.60 Å². The van der Waals surface area contributed by atoms with Crippen LogP contribution in [-0.2, 0) is 4.74 Å². The van der Waals surface area contributed by atoms with Gasteiger partial charge in [0.2, 0.25) is 0 Å². The van der Waals surface area contributed by atoms with E-state index in [9.17, 15) is 4.79 Å². The first kappa shape index (κ1) is 19.0. The van der Waals surface area contributed by atoms with Gasteiger partial charge in [-0.15, -0.1) is 6.58 Å². The van der Waals surface area contributed by atoms with Crippen LogP contribution in [0.2, 0.25) is 0 Å². The summed E-state index contributed by atoms with van der Waals surface area (Å²) in [7, 11) is 0. The number of alkyl carbamates (subject to hydrolysis) is 1. The first-order valence-electron chi connectivity index (χ1n) is 7.80. The monoisotopic (exact) mass is 283 g/mol. The fourth-order valence-corrected chi connectivity index (χ4v) is 2.37. The third-order valence-electron chi connectivity index (χ3n) is 3.54. The molecule has 0 heterocycles. The molecule has 0 saturated carbocycles. The van der Waals surface area contributed by atoms with Gasteiger partial charge in [-0.1, -0.05) is 26.3 Å². The molecule has 0 spiro atoms. The van der Waals surface area contributed by atoms with Crippen molar-refractivity contribution in [3.63, 3.8) is 0 Å². The molecule has 0 aromatic rings. The zero-order valence-electron chi connectivity index (χ0n) is 14.2. The van der Waals surface area contributed by atoms with Gasteiger partial charge in [0.05, 0.1) is 0 Å². The van der Waals surface area contributed by atoms with E-state index in [-0.39, 0.29) is 12.1 Å². The number of amides is 1. The first-order valence-corrected chi connectivity index (χ1v) is 7.80. The second kappa shape index (κ2) is 9.04. The Labute approximate surface area is 125 Å². The molecule has 1 amide bonds. The number of allylic oxidation sites excluding steroid dienone is 1. The van der Waals surface area contributed by atoms with Gasteiger partial charge < -0.3 is 10.1 Å². The van der Waals surface area contributed by atoms with E-state index in [2.05, 4.69) is 32.7 Å². The summed E-state index contributed by atoms with van der Waals surface area (Å²) in [6, 6.07) is 0.140. The Kier molecular flexibility index (Phi) is 8.59. The standard InChI is InChI=1S/C17H33NO2/c1-8-10-11-13(3)12-15(9-2)14(4)18-16(19)20-17(5,6)7/h8,13-15H,1,9-12H2,2-7H3,(H,18,19)/t13?,14-,15+/m0/s1. The van der Waals surface area contributed by atoms with Crippen LogP contribution in [0.25, 0.3) is 0 Å². The van der Waals surface area contributed by atoms with Gasteiger partial charge in [-0.05, 0) is 58.8 Å². The maximum atomic E-state index is 11.8. The highest BCUT2D eigenvalue weighted by molar-refractivity contribution is 5.68. The second-order valence-corrected chi connectivity index (χ2v) is 6.81. The van der Waals surface area contributed by atoms with Crippen molar-refractivity contribution >= 4 is 6.09 Å². The number of ether oxygens (including phenoxy) is 1.